The summed E-state index contributed by atoms with van der Waals surface area (Å²) < 4.78 is 10.7. The highest BCUT2D eigenvalue weighted by Gasteiger charge is 2.20. The van der Waals surface area contributed by atoms with Crippen molar-refractivity contribution in [3.05, 3.63) is 56.5 Å². The minimum Gasteiger partial charge on any atom is -0.373 e. The van der Waals surface area contributed by atoms with E-state index < -0.39 is 0 Å². The van der Waals surface area contributed by atoms with Gasteiger partial charge in [0.15, 0.2) is 0 Å². The number of rotatable bonds is 8. The van der Waals surface area contributed by atoms with Crippen molar-refractivity contribution in [3.8, 4) is 0 Å². The van der Waals surface area contributed by atoms with Gasteiger partial charge in [-0.1, -0.05) is 58.6 Å². The Morgan fingerprint density at radius 2 is 1.00 bits per heavy atom. The fourth-order valence-electron chi connectivity index (χ4n) is 1.46. The van der Waals surface area contributed by atoms with Gasteiger partial charge in [0.25, 0.3) is 0 Å². The number of hydrogen-bond donors (Lipinski definition) is 0. The number of ether oxygens (including phenoxy) is 2. The Labute approximate surface area is 138 Å². The Bertz CT molecular complexity index is 426. The summed E-state index contributed by atoms with van der Waals surface area (Å²) in [6.07, 6.45) is 3.25. The first-order valence-corrected chi connectivity index (χ1v) is 7.26. The second kappa shape index (κ2) is 8.93. The summed E-state index contributed by atoms with van der Waals surface area (Å²) in [6, 6.07) is 0. The van der Waals surface area contributed by atoms with Crippen LogP contribution in [0.25, 0.3) is 0 Å². The van der Waals surface area contributed by atoms with Crippen LogP contribution < -0.4 is 0 Å². The van der Waals surface area contributed by atoms with Crippen molar-refractivity contribution < 1.29 is 9.47 Å². The van der Waals surface area contributed by atoms with Gasteiger partial charge in [0, 0.05) is 11.1 Å². The molecule has 0 saturated carbocycles. The molecule has 0 aliphatic rings. The first kappa shape index (κ1) is 17.8. The molecule has 0 aromatic heterocycles. The van der Waals surface area contributed by atoms with Gasteiger partial charge in [-0.2, -0.15) is 0 Å². The van der Waals surface area contributed by atoms with Gasteiger partial charge in [-0.25, -0.2) is 0 Å². The predicted molar refractivity (Wildman–Crippen MR) is 86.2 cm³/mol. The molecule has 0 aliphatic carbocycles. The summed E-state index contributed by atoms with van der Waals surface area (Å²) in [6.45, 7) is 8.29. The molecule has 0 radical (unpaired) electrons. The molecule has 0 unspecified atom stereocenters. The van der Waals surface area contributed by atoms with Gasteiger partial charge >= 0.3 is 0 Å². The zero-order valence-electron chi connectivity index (χ0n) is 10.7. The summed E-state index contributed by atoms with van der Waals surface area (Å²) in [4.78, 5) is 0. The van der Waals surface area contributed by atoms with Crippen LogP contribution in [0.4, 0.5) is 0 Å². The summed E-state index contributed by atoms with van der Waals surface area (Å²) in [7, 11) is 0. The van der Waals surface area contributed by atoms with E-state index in [1.807, 2.05) is 0 Å². The van der Waals surface area contributed by atoms with Gasteiger partial charge in [-0.15, -0.1) is 13.2 Å². The van der Waals surface area contributed by atoms with Crippen molar-refractivity contribution in [1.82, 2.24) is 0 Å². The molecule has 1 aromatic rings. The van der Waals surface area contributed by atoms with Gasteiger partial charge in [-0.3, -0.25) is 0 Å². The zero-order chi connectivity index (χ0) is 15.1. The first-order chi connectivity index (χ1) is 9.54. The molecule has 20 heavy (non-hydrogen) atoms. The molecule has 0 amide bonds. The molecule has 2 nitrogen and oxygen atoms in total. The molecule has 0 saturated heterocycles. The monoisotopic (exact) mass is 354 g/mol. The molecular weight excluding hydrogens is 342 g/mol. The van der Waals surface area contributed by atoms with Crippen LogP contribution >= 0.6 is 46.4 Å². The molecule has 0 bridgehead atoms. The largest absolute Gasteiger partial charge is 0.373 e. The van der Waals surface area contributed by atoms with E-state index in [-0.39, 0.29) is 13.2 Å². The van der Waals surface area contributed by atoms with Gasteiger partial charge in [0.2, 0.25) is 0 Å². The Morgan fingerprint density at radius 3 is 1.25 bits per heavy atom. The lowest BCUT2D eigenvalue weighted by Gasteiger charge is -2.15. The maximum absolute atomic E-state index is 6.21. The van der Waals surface area contributed by atoms with Crippen LogP contribution in [0.1, 0.15) is 11.1 Å². The normalized spacial score (nSPS) is 10.6. The van der Waals surface area contributed by atoms with Crippen molar-refractivity contribution >= 4 is 46.4 Å². The molecule has 1 rings (SSSR count). The van der Waals surface area contributed by atoms with E-state index in [9.17, 15) is 0 Å². The average molecular weight is 356 g/mol. The number of hydrogen-bond acceptors (Lipinski definition) is 2. The molecule has 0 N–H and O–H groups in total. The van der Waals surface area contributed by atoms with Gasteiger partial charge < -0.3 is 9.47 Å². The van der Waals surface area contributed by atoms with Crippen LogP contribution in [-0.4, -0.2) is 13.2 Å². The molecule has 6 heteroatoms. The smallest absolute Gasteiger partial charge is 0.0751 e. The predicted octanol–water partition coefficient (Wildman–Crippen LogP) is 5.71. The van der Waals surface area contributed by atoms with E-state index >= 15 is 0 Å². The van der Waals surface area contributed by atoms with Gasteiger partial charge in [0.1, 0.15) is 0 Å². The highest BCUT2D eigenvalue weighted by atomic mass is 35.5. The molecule has 1 aromatic carbocycles. The summed E-state index contributed by atoms with van der Waals surface area (Å²) in [5, 5.41) is 1.29. The minimum absolute atomic E-state index is 0.205. The van der Waals surface area contributed by atoms with E-state index in [4.69, 9.17) is 55.9 Å². The lowest BCUT2D eigenvalue weighted by molar-refractivity contribution is 0.147. The SMILES string of the molecule is C=CCOCc1c(Cl)c(Cl)c(COCC=C)c(Cl)c1Cl. The quantitative estimate of drug-likeness (QED) is 0.338. The number of benzene rings is 1. The first-order valence-electron chi connectivity index (χ1n) is 5.75. The minimum atomic E-state index is 0.205. The molecule has 0 heterocycles. The van der Waals surface area contributed by atoms with Crippen molar-refractivity contribution in [2.24, 2.45) is 0 Å². The Kier molecular flexibility index (Phi) is 7.96. The van der Waals surface area contributed by atoms with E-state index in [0.29, 0.717) is 44.4 Å². The maximum atomic E-state index is 6.21. The fourth-order valence-corrected chi connectivity index (χ4v) is 2.61. The molecule has 0 spiro atoms. The van der Waals surface area contributed by atoms with E-state index in [0.717, 1.165) is 0 Å². The van der Waals surface area contributed by atoms with Crippen molar-refractivity contribution in [3.63, 3.8) is 0 Å². The molecular formula is C14H14Cl4O2. The standard InChI is InChI=1S/C14H14Cl4O2/c1-3-5-19-7-9-11(15)13(17)10(8-20-6-4-2)14(18)12(9)16/h3-4H,1-2,5-8H2. The van der Waals surface area contributed by atoms with Crippen LogP contribution in [-0.2, 0) is 22.7 Å². The lowest BCUT2D eigenvalue weighted by Crippen LogP contribution is -2.01. The summed E-state index contributed by atoms with van der Waals surface area (Å²) in [5.41, 5.74) is 1.11. The van der Waals surface area contributed by atoms with E-state index in [1.165, 1.54) is 0 Å². The van der Waals surface area contributed by atoms with Crippen LogP contribution in [0.3, 0.4) is 0 Å². The molecule has 0 fully saturated rings. The Morgan fingerprint density at radius 1 is 0.700 bits per heavy atom. The second-order valence-electron chi connectivity index (χ2n) is 3.82. The van der Waals surface area contributed by atoms with Crippen LogP contribution in [0.15, 0.2) is 25.3 Å². The third-order valence-corrected chi connectivity index (χ3v) is 4.27. The second-order valence-corrected chi connectivity index (χ2v) is 5.33. The van der Waals surface area contributed by atoms with E-state index in [1.54, 1.807) is 12.2 Å². The van der Waals surface area contributed by atoms with Crippen LogP contribution in [0, 0.1) is 0 Å². The van der Waals surface area contributed by atoms with Crippen LogP contribution in [0.5, 0.6) is 0 Å². The Hall–Kier alpha value is -0.220. The van der Waals surface area contributed by atoms with Gasteiger partial charge in [0.05, 0.1) is 46.5 Å². The maximum Gasteiger partial charge on any atom is 0.0751 e. The Balaban J connectivity index is 3.06. The summed E-state index contributed by atoms with van der Waals surface area (Å²) in [5.74, 6) is 0. The van der Waals surface area contributed by atoms with Crippen molar-refractivity contribution in [2.75, 3.05) is 13.2 Å². The third-order valence-electron chi connectivity index (χ3n) is 2.41. The van der Waals surface area contributed by atoms with Crippen molar-refractivity contribution in [2.45, 2.75) is 13.2 Å². The third kappa shape index (κ3) is 4.39. The highest BCUT2D eigenvalue weighted by molar-refractivity contribution is 6.48. The highest BCUT2D eigenvalue weighted by Crippen LogP contribution is 2.41. The van der Waals surface area contributed by atoms with Crippen molar-refractivity contribution in [1.29, 1.82) is 0 Å². The number of halogens is 4. The average Bonchev–Trinajstić information content (AvgIpc) is 2.44. The van der Waals surface area contributed by atoms with E-state index in [2.05, 4.69) is 13.2 Å². The topological polar surface area (TPSA) is 18.5 Å². The molecule has 0 atom stereocenters. The lowest BCUT2D eigenvalue weighted by atomic mass is 10.1. The van der Waals surface area contributed by atoms with Crippen LogP contribution in [0.2, 0.25) is 20.1 Å². The van der Waals surface area contributed by atoms with Gasteiger partial charge in [-0.05, 0) is 0 Å². The fraction of sp³-hybridized carbons (Fsp3) is 0.286. The summed E-state index contributed by atoms with van der Waals surface area (Å²) >= 11 is 24.8. The molecule has 0 aliphatic heterocycles. The zero-order valence-corrected chi connectivity index (χ0v) is 13.7. The molecule has 110 valence electrons.